The molecule has 0 radical (unpaired) electrons. The van der Waals surface area contributed by atoms with E-state index in [2.05, 4.69) is 22.7 Å². The van der Waals surface area contributed by atoms with Crippen LogP contribution in [0.1, 0.15) is 33.1 Å². The van der Waals surface area contributed by atoms with Crippen LogP contribution in [0.4, 0.5) is 5.82 Å². The van der Waals surface area contributed by atoms with Crippen molar-refractivity contribution in [3.05, 3.63) is 12.3 Å². The van der Waals surface area contributed by atoms with Crippen molar-refractivity contribution in [3.8, 4) is 0 Å². The molecule has 1 unspecified atom stereocenters. The number of nitrogens with zero attached hydrogens (tertiary/aromatic N) is 2. The van der Waals surface area contributed by atoms with Gasteiger partial charge >= 0.3 is 0 Å². The third-order valence-electron chi connectivity index (χ3n) is 3.66. The molecule has 100 valence electrons. The lowest BCUT2D eigenvalue weighted by atomic mass is 9.81. The number of aryl methyl sites for hydroxylation is 1. The first-order chi connectivity index (χ1) is 8.70. The second-order valence-corrected chi connectivity index (χ2v) is 4.97. The van der Waals surface area contributed by atoms with Crippen molar-refractivity contribution in [2.24, 2.45) is 5.41 Å². The Balaban J connectivity index is 2.05. The Kier molecular flexibility index (Phi) is 4.01. The van der Waals surface area contributed by atoms with Gasteiger partial charge in [0.15, 0.2) is 5.82 Å². The van der Waals surface area contributed by atoms with Crippen LogP contribution in [0.2, 0.25) is 0 Å². The molecule has 0 aromatic carbocycles. The summed E-state index contributed by atoms with van der Waals surface area (Å²) in [5, 5.41) is 10.5. The Labute approximate surface area is 108 Å². The zero-order valence-corrected chi connectivity index (χ0v) is 11.2. The summed E-state index contributed by atoms with van der Waals surface area (Å²) < 4.78 is 1.81. The highest BCUT2D eigenvalue weighted by Crippen LogP contribution is 2.32. The van der Waals surface area contributed by atoms with Crippen molar-refractivity contribution in [2.45, 2.75) is 39.7 Å². The van der Waals surface area contributed by atoms with Gasteiger partial charge in [0.25, 0.3) is 0 Å². The van der Waals surface area contributed by atoms with Gasteiger partial charge in [0.05, 0.1) is 5.41 Å². The van der Waals surface area contributed by atoms with E-state index < -0.39 is 0 Å². The van der Waals surface area contributed by atoms with Gasteiger partial charge in [-0.05, 0) is 26.3 Å². The first-order valence-corrected chi connectivity index (χ1v) is 6.76. The van der Waals surface area contributed by atoms with Crippen LogP contribution in [0.5, 0.6) is 0 Å². The van der Waals surface area contributed by atoms with Gasteiger partial charge in [0.1, 0.15) is 0 Å². The van der Waals surface area contributed by atoms with Crippen LogP contribution in [-0.2, 0) is 11.3 Å². The molecule has 1 saturated heterocycles. The molecule has 0 saturated carbocycles. The summed E-state index contributed by atoms with van der Waals surface area (Å²) in [5.41, 5.74) is -0.245. The van der Waals surface area contributed by atoms with Crippen molar-refractivity contribution in [3.63, 3.8) is 0 Å². The molecule has 5 heteroatoms. The maximum absolute atomic E-state index is 12.4. The van der Waals surface area contributed by atoms with Crippen LogP contribution in [0.25, 0.3) is 0 Å². The second kappa shape index (κ2) is 5.52. The fraction of sp³-hybridized carbons (Fsp3) is 0.692. The molecule has 1 aromatic heterocycles. The monoisotopic (exact) mass is 250 g/mol. The lowest BCUT2D eigenvalue weighted by Crippen LogP contribution is -2.38. The Morgan fingerprint density at radius 3 is 3.00 bits per heavy atom. The van der Waals surface area contributed by atoms with Crippen molar-refractivity contribution in [1.82, 2.24) is 15.1 Å². The summed E-state index contributed by atoms with van der Waals surface area (Å²) in [6.45, 7) is 6.67. The van der Waals surface area contributed by atoms with E-state index in [1.54, 1.807) is 0 Å². The summed E-state index contributed by atoms with van der Waals surface area (Å²) >= 11 is 0. The summed E-state index contributed by atoms with van der Waals surface area (Å²) in [6.07, 6.45) is 4.76. The number of carbonyl (C=O) groups is 1. The molecule has 1 amide bonds. The lowest BCUT2D eigenvalue weighted by molar-refractivity contribution is -0.125. The number of rotatable bonds is 5. The van der Waals surface area contributed by atoms with Crippen LogP contribution < -0.4 is 10.6 Å². The lowest BCUT2D eigenvalue weighted by Gasteiger charge is -2.25. The second-order valence-electron chi connectivity index (χ2n) is 4.97. The van der Waals surface area contributed by atoms with E-state index in [-0.39, 0.29) is 11.3 Å². The average molecular weight is 250 g/mol. The van der Waals surface area contributed by atoms with Crippen LogP contribution in [-0.4, -0.2) is 28.8 Å². The standard InChI is InChI=1S/C13H22N4O/c1-3-6-13(7-8-14-10-13)12(18)15-11-5-9-17(4-2)16-11/h5,9,14H,3-4,6-8,10H2,1-2H3,(H,15,16,18). The minimum absolute atomic E-state index is 0.107. The van der Waals surface area contributed by atoms with E-state index in [1.807, 2.05) is 23.9 Å². The Morgan fingerprint density at radius 2 is 2.44 bits per heavy atom. The number of carbonyl (C=O) groups excluding carboxylic acids is 1. The average Bonchev–Trinajstić information content (AvgIpc) is 2.99. The molecule has 2 heterocycles. The van der Waals surface area contributed by atoms with Crippen molar-refractivity contribution < 1.29 is 4.79 Å². The molecule has 1 aromatic rings. The van der Waals surface area contributed by atoms with Gasteiger partial charge in [-0.1, -0.05) is 13.3 Å². The van der Waals surface area contributed by atoms with Crippen LogP contribution in [0.3, 0.4) is 0 Å². The van der Waals surface area contributed by atoms with E-state index in [1.165, 1.54) is 0 Å². The quantitative estimate of drug-likeness (QED) is 0.835. The Morgan fingerprint density at radius 1 is 1.61 bits per heavy atom. The molecule has 1 aliphatic rings. The minimum Gasteiger partial charge on any atom is -0.316 e. The normalized spacial score (nSPS) is 23.2. The number of anilines is 1. The fourth-order valence-electron chi connectivity index (χ4n) is 2.60. The molecule has 0 spiro atoms. The molecule has 18 heavy (non-hydrogen) atoms. The molecule has 0 bridgehead atoms. The summed E-state index contributed by atoms with van der Waals surface area (Å²) in [5.74, 6) is 0.764. The van der Waals surface area contributed by atoms with Gasteiger partial charge in [-0.2, -0.15) is 5.10 Å². The number of aromatic nitrogens is 2. The fourth-order valence-corrected chi connectivity index (χ4v) is 2.60. The molecular weight excluding hydrogens is 228 g/mol. The predicted octanol–water partition coefficient (Wildman–Crippen LogP) is 1.62. The van der Waals surface area contributed by atoms with Gasteiger partial charge < -0.3 is 10.6 Å². The van der Waals surface area contributed by atoms with E-state index in [0.29, 0.717) is 5.82 Å². The Bertz CT molecular complexity index is 407. The molecule has 5 nitrogen and oxygen atoms in total. The van der Waals surface area contributed by atoms with E-state index in [9.17, 15) is 4.79 Å². The Hall–Kier alpha value is -1.36. The summed E-state index contributed by atoms with van der Waals surface area (Å²) in [4.78, 5) is 12.4. The van der Waals surface area contributed by atoms with Crippen LogP contribution in [0, 0.1) is 5.41 Å². The first kappa shape index (κ1) is 13.1. The third-order valence-corrected chi connectivity index (χ3v) is 3.66. The summed E-state index contributed by atoms with van der Waals surface area (Å²) in [7, 11) is 0. The molecule has 2 N–H and O–H groups in total. The smallest absolute Gasteiger partial charge is 0.233 e. The highest BCUT2D eigenvalue weighted by molar-refractivity contribution is 5.95. The van der Waals surface area contributed by atoms with Crippen LogP contribution >= 0.6 is 0 Å². The molecular formula is C13H22N4O. The van der Waals surface area contributed by atoms with E-state index in [4.69, 9.17) is 0 Å². The van der Waals surface area contributed by atoms with Crippen molar-refractivity contribution in [1.29, 1.82) is 0 Å². The molecule has 1 fully saturated rings. The number of nitrogens with one attached hydrogen (secondary N) is 2. The van der Waals surface area contributed by atoms with Gasteiger partial charge in [0.2, 0.25) is 5.91 Å². The first-order valence-electron chi connectivity index (χ1n) is 6.76. The summed E-state index contributed by atoms with van der Waals surface area (Å²) in [6, 6.07) is 1.85. The maximum atomic E-state index is 12.4. The molecule has 0 aliphatic carbocycles. The van der Waals surface area contributed by atoms with Crippen LogP contribution in [0.15, 0.2) is 12.3 Å². The third kappa shape index (κ3) is 2.56. The van der Waals surface area contributed by atoms with Gasteiger partial charge in [0, 0.05) is 25.4 Å². The highest BCUT2D eigenvalue weighted by atomic mass is 16.2. The topological polar surface area (TPSA) is 59.0 Å². The molecule has 1 atom stereocenters. The minimum atomic E-state index is -0.245. The zero-order chi connectivity index (χ0) is 13.0. The predicted molar refractivity (Wildman–Crippen MR) is 71.4 cm³/mol. The number of hydrogen-bond donors (Lipinski definition) is 2. The molecule has 1 aliphatic heterocycles. The maximum Gasteiger partial charge on any atom is 0.233 e. The van der Waals surface area contributed by atoms with Crippen molar-refractivity contribution in [2.75, 3.05) is 18.4 Å². The van der Waals surface area contributed by atoms with E-state index >= 15 is 0 Å². The van der Waals surface area contributed by atoms with Gasteiger partial charge in [-0.15, -0.1) is 0 Å². The zero-order valence-electron chi connectivity index (χ0n) is 11.2. The SMILES string of the molecule is CCCC1(C(=O)Nc2ccn(CC)n2)CCNC1. The number of hydrogen-bond acceptors (Lipinski definition) is 3. The molecule has 2 rings (SSSR count). The number of amides is 1. The van der Waals surface area contributed by atoms with E-state index in [0.717, 1.165) is 38.9 Å². The van der Waals surface area contributed by atoms with Gasteiger partial charge in [-0.3, -0.25) is 9.48 Å². The van der Waals surface area contributed by atoms with Gasteiger partial charge in [-0.25, -0.2) is 0 Å². The highest BCUT2D eigenvalue weighted by Gasteiger charge is 2.40. The van der Waals surface area contributed by atoms with Crippen molar-refractivity contribution >= 4 is 11.7 Å². The largest absolute Gasteiger partial charge is 0.316 e.